The zero-order valence-corrected chi connectivity index (χ0v) is 12.8. The molecule has 0 aliphatic carbocycles. The third-order valence-electron chi connectivity index (χ3n) is 3.16. The van der Waals surface area contributed by atoms with Crippen LogP contribution < -0.4 is 5.73 Å². The Morgan fingerprint density at radius 3 is 2.65 bits per heavy atom. The van der Waals surface area contributed by atoms with E-state index in [0.29, 0.717) is 22.0 Å². The Balaban J connectivity index is 2.41. The molecule has 0 spiro atoms. The molecule has 0 fully saturated rings. The molecule has 0 saturated carbocycles. The average Bonchev–Trinajstić information content (AvgIpc) is 2.39. The fraction of sp³-hybridized carbons (Fsp3) is 0.214. The van der Waals surface area contributed by atoms with Crippen LogP contribution in [0.3, 0.4) is 0 Å². The molecule has 0 aliphatic rings. The Labute approximate surface area is 123 Å². The maximum absolute atomic E-state index is 12.4. The average molecular weight is 311 g/mol. The molecule has 0 aliphatic heterocycles. The number of anilines is 1. The standard InChI is InChI=1S/C14H15ClN2O2S/c1-9-7-17-13(10(2)14(9)16)8-20(18,19)12-5-3-4-11(15)6-12/h3-7H,8H2,1-2H3,(H2,16,17). The monoisotopic (exact) mass is 310 g/mol. The van der Waals surface area contributed by atoms with Gasteiger partial charge in [0, 0.05) is 16.9 Å². The normalized spacial score (nSPS) is 11.6. The first-order valence-corrected chi connectivity index (χ1v) is 8.03. The van der Waals surface area contributed by atoms with Gasteiger partial charge >= 0.3 is 0 Å². The Kier molecular flexibility index (Phi) is 4.01. The Morgan fingerprint density at radius 1 is 1.30 bits per heavy atom. The van der Waals surface area contributed by atoms with Crippen LogP contribution in [0.1, 0.15) is 16.8 Å². The van der Waals surface area contributed by atoms with Crippen molar-refractivity contribution in [2.45, 2.75) is 24.5 Å². The van der Waals surface area contributed by atoms with Crippen molar-refractivity contribution in [3.05, 3.63) is 52.3 Å². The van der Waals surface area contributed by atoms with Crippen LogP contribution in [-0.2, 0) is 15.6 Å². The van der Waals surface area contributed by atoms with Crippen molar-refractivity contribution in [2.75, 3.05) is 5.73 Å². The SMILES string of the molecule is Cc1cnc(CS(=O)(=O)c2cccc(Cl)c2)c(C)c1N. The number of nitrogen functional groups attached to an aromatic ring is 1. The Morgan fingerprint density at radius 2 is 2.00 bits per heavy atom. The highest BCUT2D eigenvalue weighted by molar-refractivity contribution is 7.90. The third-order valence-corrected chi connectivity index (χ3v) is 5.02. The highest BCUT2D eigenvalue weighted by atomic mass is 35.5. The summed E-state index contributed by atoms with van der Waals surface area (Å²) in [5, 5.41) is 0.388. The molecule has 4 nitrogen and oxygen atoms in total. The lowest BCUT2D eigenvalue weighted by Crippen LogP contribution is -2.09. The zero-order valence-electron chi connectivity index (χ0n) is 11.2. The molecule has 2 rings (SSSR count). The molecule has 1 aromatic carbocycles. The van der Waals surface area contributed by atoms with Crippen LogP contribution in [-0.4, -0.2) is 13.4 Å². The quantitative estimate of drug-likeness (QED) is 0.946. The molecule has 0 unspecified atom stereocenters. The van der Waals surface area contributed by atoms with Gasteiger partial charge in [0.2, 0.25) is 0 Å². The minimum Gasteiger partial charge on any atom is -0.398 e. The van der Waals surface area contributed by atoms with E-state index in [2.05, 4.69) is 4.98 Å². The number of rotatable bonds is 3. The summed E-state index contributed by atoms with van der Waals surface area (Å²) in [6.07, 6.45) is 1.59. The third kappa shape index (κ3) is 2.94. The summed E-state index contributed by atoms with van der Waals surface area (Å²) in [4.78, 5) is 4.37. The smallest absolute Gasteiger partial charge is 0.184 e. The second-order valence-corrected chi connectivity index (χ2v) is 7.07. The van der Waals surface area contributed by atoms with E-state index in [1.165, 1.54) is 12.1 Å². The van der Waals surface area contributed by atoms with Gasteiger partial charge in [-0.3, -0.25) is 4.98 Å². The van der Waals surface area contributed by atoms with Gasteiger partial charge in [0.1, 0.15) is 0 Å². The first kappa shape index (κ1) is 14.8. The van der Waals surface area contributed by atoms with Gasteiger partial charge in [-0.25, -0.2) is 8.42 Å². The summed E-state index contributed by atoms with van der Waals surface area (Å²) in [6, 6.07) is 6.20. The van der Waals surface area contributed by atoms with Crippen molar-refractivity contribution in [2.24, 2.45) is 0 Å². The summed E-state index contributed by atoms with van der Waals surface area (Å²) < 4.78 is 24.7. The van der Waals surface area contributed by atoms with Crippen molar-refractivity contribution in [3.63, 3.8) is 0 Å². The Hall–Kier alpha value is -1.59. The maximum Gasteiger partial charge on any atom is 0.184 e. The molecule has 0 radical (unpaired) electrons. The molecule has 6 heteroatoms. The highest BCUT2D eigenvalue weighted by Crippen LogP contribution is 2.23. The lowest BCUT2D eigenvalue weighted by molar-refractivity contribution is 0.594. The van der Waals surface area contributed by atoms with E-state index < -0.39 is 9.84 Å². The topological polar surface area (TPSA) is 73.0 Å². The van der Waals surface area contributed by atoms with Gasteiger partial charge < -0.3 is 5.73 Å². The van der Waals surface area contributed by atoms with E-state index in [0.717, 1.165) is 5.56 Å². The van der Waals surface area contributed by atoms with Gasteiger partial charge in [-0.1, -0.05) is 17.7 Å². The number of hydrogen-bond donors (Lipinski definition) is 1. The van der Waals surface area contributed by atoms with Gasteiger partial charge in [-0.15, -0.1) is 0 Å². The predicted molar refractivity (Wildman–Crippen MR) is 80.5 cm³/mol. The van der Waals surface area contributed by atoms with Crippen LogP contribution >= 0.6 is 11.6 Å². The van der Waals surface area contributed by atoms with Crippen LogP contribution in [0, 0.1) is 13.8 Å². The van der Waals surface area contributed by atoms with E-state index in [4.69, 9.17) is 17.3 Å². The minimum absolute atomic E-state index is 0.186. The second kappa shape index (κ2) is 5.42. The number of nitrogens with two attached hydrogens (primary N) is 1. The van der Waals surface area contributed by atoms with E-state index in [1.54, 1.807) is 25.3 Å². The van der Waals surface area contributed by atoms with Gasteiger partial charge in [0.05, 0.1) is 16.3 Å². The number of sulfone groups is 1. The van der Waals surface area contributed by atoms with Crippen molar-refractivity contribution in [1.29, 1.82) is 0 Å². The van der Waals surface area contributed by atoms with Gasteiger partial charge in [-0.05, 0) is 43.2 Å². The Bertz CT molecular complexity index is 758. The minimum atomic E-state index is -3.49. The first-order valence-electron chi connectivity index (χ1n) is 6.00. The van der Waals surface area contributed by atoms with E-state index in [1.807, 2.05) is 6.92 Å². The van der Waals surface area contributed by atoms with Crippen molar-refractivity contribution < 1.29 is 8.42 Å². The number of aromatic nitrogens is 1. The number of hydrogen-bond acceptors (Lipinski definition) is 4. The predicted octanol–water partition coefficient (Wildman–Crippen LogP) is 2.91. The fourth-order valence-corrected chi connectivity index (χ4v) is 3.53. The molecule has 106 valence electrons. The van der Waals surface area contributed by atoms with Crippen molar-refractivity contribution in [3.8, 4) is 0 Å². The van der Waals surface area contributed by atoms with Crippen LogP contribution in [0.2, 0.25) is 5.02 Å². The van der Waals surface area contributed by atoms with Gasteiger partial charge in [0.15, 0.2) is 9.84 Å². The van der Waals surface area contributed by atoms with Crippen LogP contribution in [0.15, 0.2) is 35.4 Å². The van der Waals surface area contributed by atoms with Gasteiger partial charge in [-0.2, -0.15) is 0 Å². The molecule has 2 N–H and O–H groups in total. The van der Waals surface area contributed by atoms with E-state index >= 15 is 0 Å². The maximum atomic E-state index is 12.4. The fourth-order valence-electron chi connectivity index (χ4n) is 1.86. The number of pyridine rings is 1. The lowest BCUT2D eigenvalue weighted by atomic mass is 10.1. The summed E-state index contributed by atoms with van der Waals surface area (Å²) in [5.41, 5.74) is 8.50. The molecule has 0 atom stereocenters. The molecule has 0 amide bonds. The number of nitrogens with zero attached hydrogens (tertiary/aromatic N) is 1. The van der Waals surface area contributed by atoms with Crippen molar-refractivity contribution >= 4 is 27.1 Å². The van der Waals surface area contributed by atoms with Crippen LogP contribution in [0.5, 0.6) is 0 Å². The highest BCUT2D eigenvalue weighted by Gasteiger charge is 2.19. The van der Waals surface area contributed by atoms with Gasteiger partial charge in [0.25, 0.3) is 0 Å². The molecule has 2 aromatic rings. The van der Waals surface area contributed by atoms with E-state index in [9.17, 15) is 8.42 Å². The summed E-state index contributed by atoms with van der Waals surface area (Å²) in [7, 11) is -3.49. The van der Waals surface area contributed by atoms with Crippen molar-refractivity contribution in [1.82, 2.24) is 4.98 Å². The largest absolute Gasteiger partial charge is 0.398 e. The number of halogens is 1. The molecular formula is C14H15ClN2O2S. The number of benzene rings is 1. The van der Waals surface area contributed by atoms with Crippen LogP contribution in [0.4, 0.5) is 5.69 Å². The zero-order chi connectivity index (χ0) is 14.9. The summed E-state index contributed by atoms with van der Waals surface area (Å²) >= 11 is 5.83. The molecule has 1 heterocycles. The molecule has 1 aromatic heterocycles. The summed E-state index contributed by atoms with van der Waals surface area (Å²) in [5.74, 6) is -0.191. The number of aryl methyl sites for hydroxylation is 1. The second-order valence-electron chi connectivity index (χ2n) is 4.64. The molecule has 0 bridgehead atoms. The molecular weight excluding hydrogens is 296 g/mol. The lowest BCUT2D eigenvalue weighted by Gasteiger charge is -2.10. The van der Waals surface area contributed by atoms with Crippen LogP contribution in [0.25, 0.3) is 0 Å². The summed E-state index contributed by atoms with van der Waals surface area (Å²) in [6.45, 7) is 3.61. The van der Waals surface area contributed by atoms with E-state index in [-0.39, 0.29) is 10.6 Å². The molecule has 0 saturated heterocycles. The first-order chi connectivity index (χ1) is 9.31. The molecule has 20 heavy (non-hydrogen) atoms.